The van der Waals surface area contributed by atoms with Crippen LogP contribution in [0.5, 0.6) is 0 Å². The zero-order valence-electron chi connectivity index (χ0n) is 11.9. The van der Waals surface area contributed by atoms with Crippen molar-refractivity contribution in [3.63, 3.8) is 0 Å². The third kappa shape index (κ3) is 2.44. The third-order valence-corrected chi connectivity index (χ3v) is 3.57. The van der Waals surface area contributed by atoms with Gasteiger partial charge in [-0.05, 0) is 26.0 Å². The summed E-state index contributed by atoms with van der Waals surface area (Å²) < 4.78 is 5.61. The maximum atomic E-state index is 11.7. The molecule has 0 spiro atoms. The molecule has 0 aliphatic carbocycles. The second-order valence-electron chi connectivity index (χ2n) is 5.14. The molecule has 1 saturated heterocycles. The molecule has 2 aromatic rings. The zero-order chi connectivity index (χ0) is 15.0. The predicted molar refractivity (Wildman–Crippen MR) is 74.0 cm³/mol. The van der Waals surface area contributed by atoms with E-state index in [1.54, 1.807) is 6.92 Å². The van der Waals surface area contributed by atoms with Gasteiger partial charge in [0.25, 0.3) is 0 Å². The first kappa shape index (κ1) is 13.5. The molecule has 2 amide bonds. The van der Waals surface area contributed by atoms with E-state index in [1.807, 2.05) is 31.2 Å². The van der Waals surface area contributed by atoms with Crippen LogP contribution in [0.1, 0.15) is 37.3 Å². The summed E-state index contributed by atoms with van der Waals surface area (Å²) in [4.78, 5) is 24.7. The van der Waals surface area contributed by atoms with Gasteiger partial charge in [0.1, 0.15) is 6.04 Å². The SMILES string of the molecule is Cc1ccc(-c2nnc([C@@H](C)N3C(=O)CCC3=O)o2)cc1. The van der Waals surface area contributed by atoms with Crippen molar-refractivity contribution in [3.05, 3.63) is 35.7 Å². The average molecular weight is 285 g/mol. The molecule has 6 heteroatoms. The lowest BCUT2D eigenvalue weighted by atomic mass is 10.1. The Kier molecular flexibility index (Phi) is 3.29. The Hall–Kier alpha value is -2.50. The maximum absolute atomic E-state index is 11.7. The number of carbonyl (C=O) groups excluding carboxylic acids is 2. The summed E-state index contributed by atoms with van der Waals surface area (Å²) in [7, 11) is 0. The summed E-state index contributed by atoms with van der Waals surface area (Å²) in [5.74, 6) is 0.273. The number of hydrogen-bond donors (Lipinski definition) is 0. The van der Waals surface area contributed by atoms with Gasteiger partial charge >= 0.3 is 0 Å². The number of aromatic nitrogens is 2. The monoisotopic (exact) mass is 285 g/mol. The van der Waals surface area contributed by atoms with Crippen LogP contribution in [-0.2, 0) is 9.59 Å². The van der Waals surface area contributed by atoms with Crippen LogP contribution < -0.4 is 0 Å². The molecule has 1 aromatic carbocycles. The highest BCUT2D eigenvalue weighted by atomic mass is 16.4. The fourth-order valence-corrected chi connectivity index (χ4v) is 2.35. The molecular formula is C15H15N3O3. The number of benzene rings is 1. The molecule has 1 aliphatic heterocycles. The summed E-state index contributed by atoms with van der Waals surface area (Å²) in [5.41, 5.74) is 1.95. The van der Waals surface area contributed by atoms with Crippen molar-refractivity contribution in [3.8, 4) is 11.5 Å². The van der Waals surface area contributed by atoms with Gasteiger partial charge in [-0.2, -0.15) is 0 Å². The van der Waals surface area contributed by atoms with Crippen molar-refractivity contribution >= 4 is 11.8 Å². The molecule has 6 nitrogen and oxygen atoms in total. The predicted octanol–water partition coefficient (Wildman–Crippen LogP) is 2.26. The van der Waals surface area contributed by atoms with E-state index in [-0.39, 0.29) is 30.5 Å². The largest absolute Gasteiger partial charge is 0.418 e. The summed E-state index contributed by atoms with van der Waals surface area (Å²) in [6, 6.07) is 7.17. The van der Waals surface area contributed by atoms with Crippen molar-refractivity contribution in [1.29, 1.82) is 0 Å². The van der Waals surface area contributed by atoms with Crippen LogP contribution in [0.4, 0.5) is 0 Å². The molecule has 21 heavy (non-hydrogen) atoms. The lowest BCUT2D eigenvalue weighted by Gasteiger charge is -2.18. The summed E-state index contributed by atoms with van der Waals surface area (Å²) in [6.45, 7) is 3.71. The molecule has 0 bridgehead atoms. The van der Waals surface area contributed by atoms with Gasteiger partial charge in [0.2, 0.25) is 23.6 Å². The van der Waals surface area contributed by atoms with Gasteiger partial charge < -0.3 is 4.42 Å². The van der Waals surface area contributed by atoms with Gasteiger partial charge in [-0.1, -0.05) is 17.7 Å². The fourth-order valence-electron chi connectivity index (χ4n) is 2.35. The molecule has 1 fully saturated rings. The minimum absolute atomic E-state index is 0.192. The van der Waals surface area contributed by atoms with Crippen molar-refractivity contribution in [2.75, 3.05) is 0 Å². The van der Waals surface area contributed by atoms with Crippen LogP contribution in [-0.4, -0.2) is 26.9 Å². The number of likely N-dealkylation sites (tertiary alicyclic amines) is 1. The smallest absolute Gasteiger partial charge is 0.247 e. The maximum Gasteiger partial charge on any atom is 0.247 e. The van der Waals surface area contributed by atoms with E-state index >= 15 is 0 Å². The van der Waals surface area contributed by atoms with Gasteiger partial charge in [0, 0.05) is 18.4 Å². The standard InChI is InChI=1S/C15H15N3O3/c1-9-3-5-11(6-4-9)15-17-16-14(21-15)10(2)18-12(19)7-8-13(18)20/h3-6,10H,7-8H2,1-2H3/t10-/m1/s1. The molecule has 3 rings (SSSR count). The van der Waals surface area contributed by atoms with Crippen LogP contribution in [0, 0.1) is 6.92 Å². The van der Waals surface area contributed by atoms with E-state index in [0.29, 0.717) is 5.89 Å². The topological polar surface area (TPSA) is 76.3 Å². The van der Waals surface area contributed by atoms with Gasteiger partial charge in [-0.25, -0.2) is 0 Å². The first-order valence-electron chi connectivity index (χ1n) is 6.81. The number of hydrogen-bond acceptors (Lipinski definition) is 5. The Morgan fingerprint density at radius 3 is 2.33 bits per heavy atom. The summed E-state index contributed by atoms with van der Waals surface area (Å²) in [5, 5.41) is 7.96. The first-order chi connectivity index (χ1) is 10.1. The fraction of sp³-hybridized carbons (Fsp3) is 0.333. The van der Waals surface area contributed by atoms with Crippen LogP contribution in [0.2, 0.25) is 0 Å². The number of amides is 2. The lowest BCUT2D eigenvalue weighted by molar-refractivity contribution is -0.141. The van der Waals surface area contributed by atoms with E-state index in [0.717, 1.165) is 11.1 Å². The Labute approximate surface area is 121 Å². The van der Waals surface area contributed by atoms with Crippen molar-refractivity contribution < 1.29 is 14.0 Å². The van der Waals surface area contributed by atoms with Crippen molar-refractivity contribution in [2.45, 2.75) is 32.7 Å². The first-order valence-corrected chi connectivity index (χ1v) is 6.81. The molecule has 1 atom stereocenters. The van der Waals surface area contributed by atoms with Crippen molar-refractivity contribution in [1.82, 2.24) is 15.1 Å². The highest BCUT2D eigenvalue weighted by Crippen LogP contribution is 2.27. The zero-order valence-corrected chi connectivity index (χ0v) is 11.9. The van der Waals surface area contributed by atoms with E-state index in [2.05, 4.69) is 10.2 Å². The van der Waals surface area contributed by atoms with E-state index < -0.39 is 6.04 Å². The molecule has 108 valence electrons. The molecule has 2 heterocycles. The van der Waals surface area contributed by atoms with Crippen molar-refractivity contribution in [2.24, 2.45) is 0 Å². The molecular weight excluding hydrogens is 270 g/mol. The number of nitrogens with zero attached hydrogens (tertiary/aromatic N) is 3. The third-order valence-electron chi connectivity index (χ3n) is 3.57. The summed E-state index contributed by atoms with van der Waals surface area (Å²) in [6.07, 6.45) is 0.504. The van der Waals surface area contributed by atoms with Crippen LogP contribution in [0.25, 0.3) is 11.5 Å². The molecule has 1 aromatic heterocycles. The number of carbonyl (C=O) groups is 2. The van der Waals surface area contributed by atoms with Crippen LogP contribution >= 0.6 is 0 Å². The molecule has 0 saturated carbocycles. The second-order valence-corrected chi connectivity index (χ2v) is 5.14. The van der Waals surface area contributed by atoms with Gasteiger partial charge in [-0.15, -0.1) is 10.2 Å². The summed E-state index contributed by atoms with van der Waals surface area (Å²) >= 11 is 0. The lowest BCUT2D eigenvalue weighted by Crippen LogP contribution is -2.32. The Morgan fingerprint density at radius 1 is 1.10 bits per heavy atom. The second kappa shape index (κ2) is 5.12. The molecule has 0 radical (unpaired) electrons. The molecule has 0 N–H and O–H groups in total. The van der Waals surface area contributed by atoms with Gasteiger partial charge in [0.05, 0.1) is 0 Å². The Morgan fingerprint density at radius 2 is 1.71 bits per heavy atom. The van der Waals surface area contributed by atoms with E-state index in [9.17, 15) is 9.59 Å². The van der Waals surface area contributed by atoms with Crippen LogP contribution in [0.3, 0.4) is 0 Å². The highest BCUT2D eigenvalue weighted by Gasteiger charge is 2.35. The highest BCUT2D eigenvalue weighted by molar-refractivity contribution is 6.02. The normalized spacial score (nSPS) is 16.6. The number of imide groups is 1. The minimum atomic E-state index is -0.529. The Bertz CT molecular complexity index is 674. The average Bonchev–Trinajstić information content (AvgIpc) is 3.07. The quantitative estimate of drug-likeness (QED) is 0.808. The van der Waals surface area contributed by atoms with E-state index in [1.165, 1.54) is 4.90 Å². The molecule has 0 unspecified atom stereocenters. The van der Waals surface area contributed by atoms with Gasteiger partial charge in [0.15, 0.2) is 0 Å². The van der Waals surface area contributed by atoms with E-state index in [4.69, 9.17) is 4.42 Å². The number of aryl methyl sites for hydroxylation is 1. The Balaban J connectivity index is 1.86. The van der Waals surface area contributed by atoms with Gasteiger partial charge in [-0.3, -0.25) is 14.5 Å². The molecule has 1 aliphatic rings. The van der Waals surface area contributed by atoms with Crippen LogP contribution in [0.15, 0.2) is 28.7 Å². The number of rotatable bonds is 3. The minimum Gasteiger partial charge on any atom is -0.418 e.